The van der Waals surface area contributed by atoms with Gasteiger partial charge in [-0.3, -0.25) is 14.5 Å². The van der Waals surface area contributed by atoms with Gasteiger partial charge in [-0.05, 0) is 0 Å². The van der Waals surface area contributed by atoms with Gasteiger partial charge in [0.2, 0.25) is 11.8 Å². The fraction of sp³-hybridized carbons (Fsp3) is 0.727. The van der Waals surface area contributed by atoms with Gasteiger partial charge in [0.1, 0.15) is 6.29 Å². The second-order valence-electron chi connectivity index (χ2n) is 3.62. The minimum Gasteiger partial charge on any atom is -0.379 e. The van der Waals surface area contributed by atoms with Crippen LogP contribution in [-0.4, -0.2) is 56.0 Å². The number of carbonyl (C=O) groups excluding carboxylic acids is 3. The molecule has 1 heterocycles. The predicted molar refractivity (Wildman–Crippen MR) is 58.3 cm³/mol. The lowest BCUT2D eigenvalue weighted by molar-refractivity contribution is -0.139. The first-order valence-corrected chi connectivity index (χ1v) is 5.68. The highest BCUT2D eigenvalue weighted by Gasteiger charge is 2.27. The molecule has 0 radical (unpaired) electrons. The zero-order valence-corrected chi connectivity index (χ0v) is 9.72. The summed E-state index contributed by atoms with van der Waals surface area (Å²) in [6.07, 6.45) is 1.81. The van der Waals surface area contributed by atoms with Crippen molar-refractivity contribution in [3.05, 3.63) is 0 Å². The highest BCUT2D eigenvalue weighted by atomic mass is 16.5. The van der Waals surface area contributed by atoms with E-state index in [1.54, 1.807) is 0 Å². The number of nitrogens with zero attached hydrogens (tertiary/aromatic N) is 1. The van der Waals surface area contributed by atoms with Crippen LogP contribution in [0.1, 0.15) is 19.3 Å². The second-order valence-corrected chi connectivity index (χ2v) is 3.62. The molecular formula is C11H17NO5. The van der Waals surface area contributed by atoms with Gasteiger partial charge in [-0.2, -0.15) is 0 Å². The maximum absolute atomic E-state index is 11.2. The van der Waals surface area contributed by atoms with Crippen LogP contribution in [0.15, 0.2) is 0 Å². The Hall–Kier alpha value is -1.27. The number of imide groups is 1. The molecule has 0 bridgehead atoms. The van der Waals surface area contributed by atoms with Gasteiger partial charge in [-0.25, -0.2) is 0 Å². The van der Waals surface area contributed by atoms with E-state index < -0.39 is 0 Å². The number of amides is 2. The van der Waals surface area contributed by atoms with Crippen LogP contribution in [0.25, 0.3) is 0 Å². The molecule has 0 atom stereocenters. The van der Waals surface area contributed by atoms with E-state index in [2.05, 4.69) is 0 Å². The molecule has 0 aromatic heterocycles. The number of hydrogen-bond acceptors (Lipinski definition) is 5. The van der Waals surface area contributed by atoms with Crippen LogP contribution >= 0.6 is 0 Å². The Morgan fingerprint density at radius 2 is 1.59 bits per heavy atom. The molecule has 1 rings (SSSR count). The molecule has 17 heavy (non-hydrogen) atoms. The van der Waals surface area contributed by atoms with Crippen molar-refractivity contribution in [1.82, 2.24) is 4.90 Å². The van der Waals surface area contributed by atoms with E-state index in [-0.39, 0.29) is 11.8 Å². The minimum atomic E-state index is -0.124. The molecule has 0 N–H and O–H groups in total. The summed E-state index contributed by atoms with van der Waals surface area (Å²) in [7, 11) is 0. The Morgan fingerprint density at radius 1 is 1.00 bits per heavy atom. The van der Waals surface area contributed by atoms with Gasteiger partial charge >= 0.3 is 0 Å². The fourth-order valence-corrected chi connectivity index (χ4v) is 1.48. The van der Waals surface area contributed by atoms with Gasteiger partial charge in [0.15, 0.2) is 0 Å². The van der Waals surface area contributed by atoms with E-state index in [0.717, 1.165) is 6.29 Å². The molecule has 0 aromatic rings. The standard InChI is InChI=1S/C11H17NO5/c13-5-1-6-16-8-9-17-7-4-12-10(14)2-3-11(12)15/h5H,1-4,6-9H2. The van der Waals surface area contributed by atoms with Crippen molar-refractivity contribution in [3.8, 4) is 0 Å². The van der Waals surface area contributed by atoms with Gasteiger partial charge < -0.3 is 14.3 Å². The predicted octanol–water partition coefficient (Wildman–Crippen LogP) is -0.242. The Balaban J connectivity index is 1.95. The Labute approximate surface area is 99.9 Å². The molecule has 6 heteroatoms. The monoisotopic (exact) mass is 243 g/mol. The van der Waals surface area contributed by atoms with Crippen molar-refractivity contribution < 1.29 is 23.9 Å². The lowest BCUT2D eigenvalue weighted by Gasteiger charge is -2.13. The summed E-state index contributed by atoms with van der Waals surface area (Å²) in [6, 6.07) is 0. The summed E-state index contributed by atoms with van der Waals surface area (Å²) in [4.78, 5) is 33.6. The summed E-state index contributed by atoms with van der Waals surface area (Å²) < 4.78 is 10.3. The van der Waals surface area contributed by atoms with Crippen LogP contribution in [0.2, 0.25) is 0 Å². The molecule has 1 aliphatic heterocycles. The Morgan fingerprint density at radius 3 is 2.18 bits per heavy atom. The summed E-state index contributed by atoms with van der Waals surface area (Å²) in [5.41, 5.74) is 0. The van der Waals surface area contributed by atoms with E-state index in [1.807, 2.05) is 0 Å². The van der Waals surface area contributed by atoms with Crippen LogP contribution in [0.4, 0.5) is 0 Å². The smallest absolute Gasteiger partial charge is 0.229 e. The summed E-state index contributed by atoms with van der Waals surface area (Å²) >= 11 is 0. The second kappa shape index (κ2) is 7.92. The maximum atomic E-state index is 11.2. The molecular weight excluding hydrogens is 226 g/mol. The first-order chi connectivity index (χ1) is 8.25. The molecule has 6 nitrogen and oxygen atoms in total. The zero-order chi connectivity index (χ0) is 12.5. The average molecular weight is 243 g/mol. The molecule has 1 fully saturated rings. The van der Waals surface area contributed by atoms with Crippen LogP contribution < -0.4 is 0 Å². The highest BCUT2D eigenvalue weighted by molar-refractivity contribution is 6.01. The summed E-state index contributed by atoms with van der Waals surface area (Å²) in [5.74, 6) is -0.248. The molecule has 2 amide bonds. The molecule has 1 aliphatic rings. The Bertz CT molecular complexity index is 263. The van der Waals surface area contributed by atoms with Crippen molar-refractivity contribution in [3.63, 3.8) is 0 Å². The van der Waals surface area contributed by atoms with Crippen molar-refractivity contribution in [2.75, 3.05) is 33.0 Å². The minimum absolute atomic E-state index is 0.124. The lowest BCUT2D eigenvalue weighted by atomic mass is 10.4. The topological polar surface area (TPSA) is 72.9 Å². The number of carbonyl (C=O) groups is 3. The zero-order valence-electron chi connectivity index (χ0n) is 9.72. The first kappa shape index (κ1) is 13.8. The van der Waals surface area contributed by atoms with Gasteiger partial charge in [0.25, 0.3) is 0 Å². The fourth-order valence-electron chi connectivity index (χ4n) is 1.48. The lowest BCUT2D eigenvalue weighted by Crippen LogP contribution is -2.32. The van der Waals surface area contributed by atoms with Gasteiger partial charge in [-0.1, -0.05) is 0 Å². The van der Waals surface area contributed by atoms with Crippen LogP contribution in [0.3, 0.4) is 0 Å². The number of aldehydes is 1. The SMILES string of the molecule is O=CCCOCCOCCN1C(=O)CCC1=O. The number of hydrogen-bond donors (Lipinski definition) is 0. The van der Waals surface area contributed by atoms with E-state index >= 15 is 0 Å². The van der Waals surface area contributed by atoms with Crippen molar-refractivity contribution in [2.24, 2.45) is 0 Å². The van der Waals surface area contributed by atoms with E-state index in [0.29, 0.717) is 52.2 Å². The molecule has 1 saturated heterocycles. The van der Waals surface area contributed by atoms with Gasteiger partial charge in [-0.15, -0.1) is 0 Å². The molecule has 0 aliphatic carbocycles. The van der Waals surface area contributed by atoms with Crippen LogP contribution in [0, 0.1) is 0 Å². The van der Waals surface area contributed by atoms with Crippen molar-refractivity contribution in [1.29, 1.82) is 0 Å². The van der Waals surface area contributed by atoms with E-state index in [4.69, 9.17) is 9.47 Å². The summed E-state index contributed by atoms with van der Waals surface area (Å²) in [6.45, 7) is 1.85. The first-order valence-electron chi connectivity index (χ1n) is 5.68. The highest BCUT2D eigenvalue weighted by Crippen LogP contribution is 2.10. The normalized spacial score (nSPS) is 15.6. The average Bonchev–Trinajstić information content (AvgIpc) is 2.63. The van der Waals surface area contributed by atoms with E-state index in [9.17, 15) is 14.4 Å². The Kier molecular flexibility index (Phi) is 6.42. The number of likely N-dealkylation sites (tertiary alicyclic amines) is 1. The molecule has 0 aromatic carbocycles. The van der Waals surface area contributed by atoms with Crippen LogP contribution in [0.5, 0.6) is 0 Å². The van der Waals surface area contributed by atoms with Gasteiger partial charge in [0, 0.05) is 19.3 Å². The molecule has 0 unspecified atom stereocenters. The summed E-state index contributed by atoms with van der Waals surface area (Å²) in [5, 5.41) is 0. The third-order valence-electron chi connectivity index (χ3n) is 2.37. The number of rotatable bonds is 9. The van der Waals surface area contributed by atoms with Crippen molar-refractivity contribution >= 4 is 18.1 Å². The van der Waals surface area contributed by atoms with Crippen LogP contribution in [-0.2, 0) is 23.9 Å². The third kappa shape index (κ3) is 5.06. The maximum Gasteiger partial charge on any atom is 0.229 e. The molecule has 0 spiro atoms. The van der Waals surface area contributed by atoms with E-state index in [1.165, 1.54) is 4.90 Å². The third-order valence-corrected chi connectivity index (χ3v) is 2.37. The largest absolute Gasteiger partial charge is 0.379 e. The molecule has 0 saturated carbocycles. The quantitative estimate of drug-likeness (QED) is 0.317. The van der Waals surface area contributed by atoms with Crippen molar-refractivity contribution in [2.45, 2.75) is 19.3 Å². The number of ether oxygens (including phenoxy) is 2. The van der Waals surface area contributed by atoms with Gasteiger partial charge in [0.05, 0.1) is 33.0 Å². The molecule has 96 valence electrons.